The van der Waals surface area contributed by atoms with Crippen LogP contribution in [0.15, 0.2) is 12.1 Å². The molecule has 0 unspecified atom stereocenters. The van der Waals surface area contributed by atoms with Gasteiger partial charge in [-0.25, -0.2) is 0 Å². The normalized spacial score (nSPS) is 15.0. The van der Waals surface area contributed by atoms with Crippen LogP contribution in [0.2, 0.25) is 0 Å². The van der Waals surface area contributed by atoms with Crippen molar-refractivity contribution < 1.29 is 0 Å². The molecular weight excluding hydrogens is 310 g/mol. The molecular formula is C20H37N5. The summed E-state index contributed by atoms with van der Waals surface area (Å²) in [4.78, 5) is 2.52. The standard InChI is InChI=1S/C20H37N5/c1-5-9-11-25(12-10-6-2)18-14-16(21)13-17-19(18)22-15-20(17,23-7-3)24-8-4/h13-14,22-24H,5-12,15,21H2,1-4H3. The van der Waals surface area contributed by atoms with Gasteiger partial charge >= 0.3 is 0 Å². The van der Waals surface area contributed by atoms with Crippen LogP contribution in [0.3, 0.4) is 0 Å². The number of likely N-dealkylation sites (N-methyl/N-ethyl adjacent to an activating group) is 2. The molecule has 0 radical (unpaired) electrons. The number of nitrogen functional groups attached to an aromatic ring is 1. The van der Waals surface area contributed by atoms with Gasteiger partial charge in [0.05, 0.1) is 17.9 Å². The van der Waals surface area contributed by atoms with Crippen LogP contribution in [0.4, 0.5) is 17.1 Å². The number of benzene rings is 1. The predicted octanol–water partition coefficient (Wildman–Crippen LogP) is 3.47. The maximum absolute atomic E-state index is 6.33. The smallest absolute Gasteiger partial charge is 0.115 e. The molecule has 1 heterocycles. The quantitative estimate of drug-likeness (QED) is 0.365. The molecule has 1 aliphatic heterocycles. The molecule has 0 fully saturated rings. The molecule has 0 saturated carbocycles. The molecule has 0 bridgehead atoms. The highest BCUT2D eigenvalue weighted by molar-refractivity contribution is 5.81. The zero-order valence-electron chi connectivity index (χ0n) is 16.5. The fourth-order valence-electron chi connectivity index (χ4n) is 3.77. The number of hydrogen-bond donors (Lipinski definition) is 4. The molecule has 5 N–H and O–H groups in total. The van der Waals surface area contributed by atoms with Crippen molar-refractivity contribution in [1.82, 2.24) is 10.6 Å². The average molecular weight is 348 g/mol. The molecule has 0 saturated heterocycles. The van der Waals surface area contributed by atoms with E-state index in [1.165, 1.54) is 42.6 Å². The van der Waals surface area contributed by atoms with Gasteiger partial charge in [-0.2, -0.15) is 0 Å². The number of hydrogen-bond acceptors (Lipinski definition) is 5. The van der Waals surface area contributed by atoms with E-state index in [0.717, 1.165) is 38.4 Å². The van der Waals surface area contributed by atoms with E-state index in [-0.39, 0.29) is 5.66 Å². The number of nitrogens with zero attached hydrogens (tertiary/aromatic N) is 1. The second-order valence-electron chi connectivity index (χ2n) is 6.98. The Labute approximate surface area is 153 Å². The van der Waals surface area contributed by atoms with Crippen molar-refractivity contribution in [2.75, 3.05) is 48.7 Å². The highest BCUT2D eigenvalue weighted by Gasteiger charge is 2.39. The van der Waals surface area contributed by atoms with E-state index in [4.69, 9.17) is 5.73 Å². The Morgan fingerprint density at radius 1 is 1.04 bits per heavy atom. The summed E-state index contributed by atoms with van der Waals surface area (Å²) in [5.41, 5.74) is 10.7. The number of unbranched alkanes of at least 4 members (excludes halogenated alkanes) is 2. The van der Waals surface area contributed by atoms with E-state index in [1.807, 2.05) is 0 Å². The number of anilines is 3. The van der Waals surface area contributed by atoms with Crippen LogP contribution in [0.25, 0.3) is 0 Å². The molecule has 0 spiro atoms. The Morgan fingerprint density at radius 2 is 1.64 bits per heavy atom. The Balaban J connectivity index is 2.43. The van der Waals surface area contributed by atoms with Gasteiger partial charge in [-0.3, -0.25) is 10.6 Å². The molecule has 0 amide bonds. The van der Waals surface area contributed by atoms with Crippen molar-refractivity contribution in [2.24, 2.45) is 0 Å². The molecule has 0 atom stereocenters. The van der Waals surface area contributed by atoms with Gasteiger partial charge < -0.3 is 16.0 Å². The lowest BCUT2D eigenvalue weighted by Gasteiger charge is -2.32. The van der Waals surface area contributed by atoms with Crippen LogP contribution >= 0.6 is 0 Å². The third-order valence-corrected chi connectivity index (χ3v) is 4.99. The van der Waals surface area contributed by atoms with Gasteiger partial charge in [-0.1, -0.05) is 40.5 Å². The summed E-state index contributed by atoms with van der Waals surface area (Å²) >= 11 is 0. The first-order valence-electron chi connectivity index (χ1n) is 10.0. The molecule has 5 heteroatoms. The van der Waals surface area contributed by atoms with E-state index in [1.54, 1.807) is 0 Å². The van der Waals surface area contributed by atoms with Crippen molar-refractivity contribution in [1.29, 1.82) is 0 Å². The number of nitrogens with two attached hydrogens (primary N) is 1. The van der Waals surface area contributed by atoms with Gasteiger partial charge in [-0.15, -0.1) is 0 Å². The molecule has 1 aromatic carbocycles. The number of rotatable bonds is 11. The fraction of sp³-hybridized carbons (Fsp3) is 0.700. The van der Waals surface area contributed by atoms with Crippen LogP contribution in [0, 0.1) is 0 Å². The maximum atomic E-state index is 6.33. The predicted molar refractivity (Wildman–Crippen MR) is 110 cm³/mol. The van der Waals surface area contributed by atoms with E-state index in [0.29, 0.717) is 0 Å². The summed E-state index contributed by atoms with van der Waals surface area (Å²) in [6, 6.07) is 4.27. The number of nitrogens with one attached hydrogen (secondary N) is 3. The summed E-state index contributed by atoms with van der Waals surface area (Å²) in [6.45, 7) is 13.6. The summed E-state index contributed by atoms with van der Waals surface area (Å²) in [5.74, 6) is 0. The minimum Gasteiger partial charge on any atom is -0.399 e. The van der Waals surface area contributed by atoms with Crippen LogP contribution in [-0.2, 0) is 5.66 Å². The van der Waals surface area contributed by atoms with Crippen molar-refractivity contribution in [3.63, 3.8) is 0 Å². The molecule has 0 aromatic heterocycles. The summed E-state index contributed by atoms with van der Waals surface area (Å²) < 4.78 is 0. The summed E-state index contributed by atoms with van der Waals surface area (Å²) in [7, 11) is 0. The van der Waals surface area contributed by atoms with Crippen molar-refractivity contribution in [2.45, 2.75) is 59.0 Å². The molecule has 1 aliphatic rings. The summed E-state index contributed by atoms with van der Waals surface area (Å²) in [6.07, 6.45) is 4.83. The monoisotopic (exact) mass is 347 g/mol. The second kappa shape index (κ2) is 9.30. The first-order chi connectivity index (χ1) is 12.1. The maximum Gasteiger partial charge on any atom is 0.115 e. The van der Waals surface area contributed by atoms with Crippen molar-refractivity contribution in [3.8, 4) is 0 Å². The van der Waals surface area contributed by atoms with E-state index < -0.39 is 0 Å². The largest absolute Gasteiger partial charge is 0.399 e. The van der Waals surface area contributed by atoms with Gasteiger partial charge in [0, 0.05) is 24.3 Å². The lowest BCUT2D eigenvalue weighted by Crippen LogP contribution is -2.55. The molecule has 142 valence electrons. The zero-order valence-corrected chi connectivity index (χ0v) is 16.5. The fourth-order valence-corrected chi connectivity index (χ4v) is 3.77. The number of fused-ring (bicyclic) bond motifs is 1. The van der Waals surface area contributed by atoms with Crippen LogP contribution in [0.1, 0.15) is 58.9 Å². The average Bonchev–Trinajstić information content (AvgIpc) is 2.94. The Kier molecular flexibility index (Phi) is 7.38. The second-order valence-corrected chi connectivity index (χ2v) is 6.98. The Bertz CT molecular complexity index is 529. The minimum absolute atomic E-state index is 0.232. The highest BCUT2D eigenvalue weighted by atomic mass is 15.3. The minimum atomic E-state index is -0.232. The molecule has 5 nitrogen and oxygen atoms in total. The van der Waals surface area contributed by atoms with Gasteiger partial charge in [0.2, 0.25) is 0 Å². The third kappa shape index (κ3) is 4.39. The first-order valence-corrected chi connectivity index (χ1v) is 10.0. The van der Waals surface area contributed by atoms with E-state index in [9.17, 15) is 0 Å². The topological polar surface area (TPSA) is 65.3 Å². The van der Waals surface area contributed by atoms with Gasteiger partial charge in [0.25, 0.3) is 0 Å². The van der Waals surface area contributed by atoms with E-state index in [2.05, 4.69) is 60.7 Å². The van der Waals surface area contributed by atoms with Crippen molar-refractivity contribution >= 4 is 17.1 Å². The van der Waals surface area contributed by atoms with Gasteiger partial charge in [0.15, 0.2) is 0 Å². The van der Waals surface area contributed by atoms with Crippen LogP contribution in [0.5, 0.6) is 0 Å². The molecule has 2 rings (SSSR count). The van der Waals surface area contributed by atoms with Crippen LogP contribution < -0.4 is 26.6 Å². The van der Waals surface area contributed by atoms with Gasteiger partial charge in [0.1, 0.15) is 5.66 Å². The Morgan fingerprint density at radius 3 is 2.16 bits per heavy atom. The zero-order chi connectivity index (χ0) is 18.3. The van der Waals surface area contributed by atoms with Crippen LogP contribution in [-0.4, -0.2) is 32.7 Å². The SMILES string of the molecule is CCCCN(CCCC)c1cc(N)cc2c1NCC2(NCC)NCC. The summed E-state index contributed by atoms with van der Waals surface area (Å²) in [5, 5.41) is 11.0. The Hall–Kier alpha value is -1.46. The third-order valence-electron chi connectivity index (χ3n) is 4.99. The lowest BCUT2D eigenvalue weighted by molar-refractivity contribution is 0.301. The molecule has 25 heavy (non-hydrogen) atoms. The van der Waals surface area contributed by atoms with E-state index >= 15 is 0 Å². The molecule has 1 aromatic rings. The van der Waals surface area contributed by atoms with Crippen molar-refractivity contribution in [3.05, 3.63) is 17.7 Å². The first kappa shape index (κ1) is 19.9. The highest BCUT2D eigenvalue weighted by Crippen LogP contribution is 2.42. The van der Waals surface area contributed by atoms with Gasteiger partial charge in [-0.05, 0) is 38.1 Å². The lowest BCUT2D eigenvalue weighted by atomic mass is 9.99. The molecule has 0 aliphatic carbocycles.